The normalized spacial score (nSPS) is 12.1. The van der Waals surface area contributed by atoms with E-state index in [1.54, 1.807) is 0 Å². The summed E-state index contributed by atoms with van der Waals surface area (Å²) in [6.45, 7) is 0.261. The van der Waals surface area contributed by atoms with Gasteiger partial charge in [-0.25, -0.2) is 9.18 Å². The fourth-order valence-corrected chi connectivity index (χ4v) is 2.26. The first-order chi connectivity index (χ1) is 11.1. The van der Waals surface area contributed by atoms with Crippen LogP contribution in [0.3, 0.4) is 0 Å². The van der Waals surface area contributed by atoms with Crippen LogP contribution in [0, 0.1) is 5.82 Å². The molecule has 1 heterocycles. The Morgan fingerprint density at radius 1 is 1.17 bits per heavy atom. The van der Waals surface area contributed by atoms with Gasteiger partial charge in [0.2, 0.25) is 6.79 Å². The molecule has 0 N–H and O–H groups in total. The summed E-state index contributed by atoms with van der Waals surface area (Å²) in [6, 6.07) is 8.53. The highest BCUT2D eigenvalue weighted by Gasteiger charge is 2.21. The first kappa shape index (κ1) is 15.4. The number of esters is 1. The van der Waals surface area contributed by atoms with Crippen LogP contribution in [0.2, 0.25) is 5.02 Å². The first-order valence-corrected chi connectivity index (χ1v) is 7.16. The predicted octanol–water partition coefficient (Wildman–Crippen LogP) is 3.44. The fourth-order valence-electron chi connectivity index (χ4n) is 1.99. The van der Waals surface area contributed by atoms with E-state index in [9.17, 15) is 9.18 Å². The van der Waals surface area contributed by atoms with E-state index in [0.29, 0.717) is 17.2 Å². The van der Waals surface area contributed by atoms with Gasteiger partial charge in [-0.2, -0.15) is 0 Å². The summed E-state index contributed by atoms with van der Waals surface area (Å²) in [5.74, 6) is 0.430. The number of hydrogen-bond acceptors (Lipinski definition) is 5. The lowest BCUT2D eigenvalue weighted by Crippen LogP contribution is -2.12. The maximum atomic E-state index is 12.7. The number of fused-ring (bicyclic) bond motifs is 1. The van der Waals surface area contributed by atoms with E-state index in [4.69, 9.17) is 30.5 Å². The minimum Gasteiger partial charge on any atom is -0.490 e. The zero-order chi connectivity index (χ0) is 16.2. The molecule has 0 saturated carbocycles. The summed E-state index contributed by atoms with van der Waals surface area (Å²) in [7, 11) is 0. The standard InChI is InChI=1S/C16H12ClFO5/c17-13-7-10(8-14-15(13)23-9-22-14)16(19)21-6-5-20-12-3-1-11(18)2-4-12/h1-4,7-8H,5-6,9H2. The van der Waals surface area contributed by atoms with Gasteiger partial charge in [-0.05, 0) is 36.4 Å². The number of ether oxygens (including phenoxy) is 4. The van der Waals surface area contributed by atoms with Crippen LogP contribution in [0.25, 0.3) is 0 Å². The van der Waals surface area contributed by atoms with Gasteiger partial charge in [-0.1, -0.05) is 11.6 Å². The fraction of sp³-hybridized carbons (Fsp3) is 0.188. The van der Waals surface area contributed by atoms with E-state index in [1.807, 2.05) is 0 Å². The van der Waals surface area contributed by atoms with Crippen LogP contribution in [0.15, 0.2) is 36.4 Å². The third-order valence-corrected chi connectivity index (χ3v) is 3.34. The number of hydrogen-bond donors (Lipinski definition) is 0. The third kappa shape index (κ3) is 3.65. The van der Waals surface area contributed by atoms with Crippen LogP contribution in [0.5, 0.6) is 17.2 Å². The monoisotopic (exact) mass is 338 g/mol. The highest BCUT2D eigenvalue weighted by Crippen LogP contribution is 2.39. The Morgan fingerprint density at radius 2 is 1.96 bits per heavy atom. The molecule has 2 aromatic carbocycles. The number of carbonyl (C=O) groups is 1. The second-order valence-corrected chi connectivity index (χ2v) is 5.04. The van der Waals surface area contributed by atoms with Gasteiger partial charge in [0.15, 0.2) is 11.5 Å². The lowest BCUT2D eigenvalue weighted by Gasteiger charge is -2.08. The van der Waals surface area contributed by atoms with Crippen molar-refractivity contribution in [2.75, 3.05) is 20.0 Å². The molecule has 1 aliphatic heterocycles. The van der Waals surface area contributed by atoms with Crippen molar-refractivity contribution in [1.29, 1.82) is 0 Å². The van der Waals surface area contributed by atoms with Gasteiger partial charge in [-0.3, -0.25) is 0 Å². The van der Waals surface area contributed by atoms with Crippen molar-refractivity contribution >= 4 is 17.6 Å². The summed E-state index contributed by atoms with van der Waals surface area (Å²) in [5, 5.41) is 0.287. The molecule has 0 fully saturated rings. The van der Waals surface area contributed by atoms with Gasteiger partial charge in [0.1, 0.15) is 24.8 Å². The summed E-state index contributed by atoms with van der Waals surface area (Å²) in [4.78, 5) is 12.0. The maximum Gasteiger partial charge on any atom is 0.338 e. The topological polar surface area (TPSA) is 54.0 Å². The van der Waals surface area contributed by atoms with Gasteiger partial charge in [-0.15, -0.1) is 0 Å². The molecular formula is C16H12ClFO5. The molecule has 5 nitrogen and oxygen atoms in total. The highest BCUT2D eigenvalue weighted by molar-refractivity contribution is 6.32. The second-order valence-electron chi connectivity index (χ2n) is 4.63. The molecule has 120 valence electrons. The molecule has 23 heavy (non-hydrogen) atoms. The maximum absolute atomic E-state index is 12.7. The van der Waals surface area contributed by atoms with Crippen molar-refractivity contribution in [3.8, 4) is 17.2 Å². The molecule has 3 rings (SSSR count). The van der Waals surface area contributed by atoms with E-state index in [2.05, 4.69) is 0 Å². The lowest BCUT2D eigenvalue weighted by molar-refractivity contribution is 0.0450. The number of halogens is 2. The molecule has 0 atom stereocenters. The molecule has 0 unspecified atom stereocenters. The Labute approximate surface area is 136 Å². The van der Waals surface area contributed by atoms with Gasteiger partial charge >= 0.3 is 5.97 Å². The first-order valence-electron chi connectivity index (χ1n) is 6.78. The summed E-state index contributed by atoms with van der Waals surface area (Å²) < 4.78 is 33.5. The molecule has 0 aliphatic carbocycles. The minimum atomic E-state index is -0.548. The van der Waals surface area contributed by atoms with Crippen LogP contribution >= 0.6 is 11.6 Å². The molecule has 7 heteroatoms. The predicted molar refractivity (Wildman–Crippen MR) is 79.8 cm³/mol. The average Bonchev–Trinajstić information content (AvgIpc) is 3.02. The second kappa shape index (κ2) is 6.75. The lowest BCUT2D eigenvalue weighted by atomic mass is 10.2. The van der Waals surface area contributed by atoms with Gasteiger partial charge in [0, 0.05) is 0 Å². The Balaban J connectivity index is 1.52. The highest BCUT2D eigenvalue weighted by atomic mass is 35.5. The smallest absolute Gasteiger partial charge is 0.338 e. The SMILES string of the molecule is O=C(OCCOc1ccc(F)cc1)c1cc(Cl)c2c(c1)OCO2. The van der Waals surface area contributed by atoms with E-state index < -0.39 is 5.97 Å². The van der Waals surface area contributed by atoms with E-state index in [1.165, 1.54) is 36.4 Å². The Kier molecular flexibility index (Phi) is 4.52. The molecule has 0 saturated heterocycles. The van der Waals surface area contributed by atoms with Crippen LogP contribution in [-0.4, -0.2) is 26.0 Å². The summed E-state index contributed by atoms with van der Waals surface area (Å²) >= 11 is 6.00. The quantitative estimate of drug-likeness (QED) is 0.617. The van der Waals surface area contributed by atoms with Gasteiger partial charge < -0.3 is 18.9 Å². The summed E-state index contributed by atoms with van der Waals surface area (Å²) in [5.41, 5.74) is 0.265. The molecule has 0 aromatic heterocycles. The number of carbonyl (C=O) groups excluding carboxylic acids is 1. The van der Waals surface area contributed by atoms with Crippen molar-refractivity contribution in [2.24, 2.45) is 0 Å². The Morgan fingerprint density at radius 3 is 2.74 bits per heavy atom. The molecule has 1 aliphatic rings. The Bertz CT molecular complexity index is 717. The summed E-state index contributed by atoms with van der Waals surface area (Å²) in [6.07, 6.45) is 0. The minimum absolute atomic E-state index is 0.0439. The largest absolute Gasteiger partial charge is 0.490 e. The molecule has 2 aromatic rings. The number of benzene rings is 2. The van der Waals surface area contributed by atoms with E-state index in [0.717, 1.165) is 0 Å². The van der Waals surface area contributed by atoms with Gasteiger partial charge in [0.25, 0.3) is 0 Å². The zero-order valence-electron chi connectivity index (χ0n) is 11.9. The zero-order valence-corrected chi connectivity index (χ0v) is 12.6. The van der Waals surface area contributed by atoms with E-state index in [-0.39, 0.29) is 36.4 Å². The van der Waals surface area contributed by atoms with Crippen molar-refractivity contribution in [3.05, 3.63) is 52.8 Å². The van der Waals surface area contributed by atoms with Crippen LogP contribution in [-0.2, 0) is 4.74 Å². The van der Waals surface area contributed by atoms with Crippen molar-refractivity contribution in [1.82, 2.24) is 0 Å². The van der Waals surface area contributed by atoms with Gasteiger partial charge in [0.05, 0.1) is 10.6 Å². The molecule has 0 spiro atoms. The van der Waals surface area contributed by atoms with Crippen LogP contribution in [0.1, 0.15) is 10.4 Å². The van der Waals surface area contributed by atoms with Crippen LogP contribution < -0.4 is 14.2 Å². The molecule has 0 amide bonds. The van der Waals surface area contributed by atoms with E-state index >= 15 is 0 Å². The van der Waals surface area contributed by atoms with Crippen molar-refractivity contribution in [2.45, 2.75) is 0 Å². The number of rotatable bonds is 5. The molecule has 0 bridgehead atoms. The Hall–Kier alpha value is -2.47. The molecule has 0 radical (unpaired) electrons. The van der Waals surface area contributed by atoms with Crippen molar-refractivity contribution in [3.63, 3.8) is 0 Å². The van der Waals surface area contributed by atoms with Crippen LogP contribution in [0.4, 0.5) is 4.39 Å². The van der Waals surface area contributed by atoms with Crippen molar-refractivity contribution < 1.29 is 28.1 Å². The molecular weight excluding hydrogens is 327 g/mol. The average molecular weight is 339 g/mol. The third-order valence-electron chi connectivity index (χ3n) is 3.06.